The fourth-order valence-corrected chi connectivity index (χ4v) is 2.18. The summed E-state index contributed by atoms with van der Waals surface area (Å²) in [5.74, 6) is -1.22. The second-order valence-corrected chi connectivity index (χ2v) is 4.55. The van der Waals surface area contributed by atoms with E-state index in [1.165, 1.54) is 0 Å². The maximum Gasteiger partial charge on any atom is 0.255 e. The Kier molecular flexibility index (Phi) is 5.23. The van der Waals surface area contributed by atoms with Gasteiger partial charge in [0, 0.05) is 11.8 Å². The number of hydrogen-bond acceptors (Lipinski definition) is 2. The van der Waals surface area contributed by atoms with Gasteiger partial charge in [-0.1, -0.05) is 6.92 Å². The van der Waals surface area contributed by atoms with E-state index < -0.39 is 17.3 Å². The van der Waals surface area contributed by atoms with E-state index in [0.717, 1.165) is 18.2 Å². The molecule has 100 valence electrons. The highest BCUT2D eigenvalue weighted by Crippen LogP contribution is 2.21. The number of rotatable bonds is 5. The molecule has 0 fully saturated rings. The summed E-state index contributed by atoms with van der Waals surface area (Å²) in [6.45, 7) is 1.83. The van der Waals surface area contributed by atoms with Crippen molar-refractivity contribution in [2.45, 2.75) is 18.9 Å². The van der Waals surface area contributed by atoms with Crippen LogP contribution in [-0.2, 0) is 0 Å². The number of halogens is 3. The molecular formula is C12H14Cl2FNO2. The summed E-state index contributed by atoms with van der Waals surface area (Å²) in [5, 5.41) is 12.2. The van der Waals surface area contributed by atoms with Crippen molar-refractivity contribution in [3.8, 4) is 5.75 Å². The molecule has 2 N–H and O–H groups in total. The highest BCUT2D eigenvalue weighted by Gasteiger charge is 2.29. The Morgan fingerprint density at radius 2 is 2.06 bits per heavy atom. The summed E-state index contributed by atoms with van der Waals surface area (Å²) >= 11 is 11.6. The predicted molar refractivity (Wildman–Crippen MR) is 70.0 cm³/mol. The molecule has 0 saturated heterocycles. The van der Waals surface area contributed by atoms with Gasteiger partial charge >= 0.3 is 0 Å². The molecule has 0 spiro atoms. The molecule has 0 atom stereocenters. The van der Waals surface area contributed by atoms with Gasteiger partial charge in [-0.15, -0.1) is 23.2 Å². The lowest BCUT2D eigenvalue weighted by atomic mass is 10.0. The summed E-state index contributed by atoms with van der Waals surface area (Å²) in [6, 6.07) is 3.16. The van der Waals surface area contributed by atoms with Crippen LogP contribution >= 0.6 is 23.2 Å². The van der Waals surface area contributed by atoms with Crippen LogP contribution in [0.1, 0.15) is 23.7 Å². The molecule has 0 aliphatic carbocycles. The van der Waals surface area contributed by atoms with Gasteiger partial charge in [0.15, 0.2) is 0 Å². The first-order valence-corrected chi connectivity index (χ1v) is 6.48. The van der Waals surface area contributed by atoms with E-state index in [-0.39, 0.29) is 23.1 Å². The van der Waals surface area contributed by atoms with Crippen LogP contribution in [-0.4, -0.2) is 28.3 Å². The Labute approximate surface area is 115 Å². The molecule has 0 saturated carbocycles. The second-order valence-electron chi connectivity index (χ2n) is 4.02. The van der Waals surface area contributed by atoms with E-state index in [1.807, 2.05) is 6.92 Å². The SMILES string of the molecule is CCC(CCl)(CCl)NC(=O)c1cc(F)ccc1O. The van der Waals surface area contributed by atoms with Crippen molar-refractivity contribution >= 4 is 29.1 Å². The van der Waals surface area contributed by atoms with Crippen LogP contribution in [0.15, 0.2) is 18.2 Å². The summed E-state index contributed by atoms with van der Waals surface area (Å²) in [5.41, 5.74) is -0.901. The van der Waals surface area contributed by atoms with Crippen LogP contribution in [0.2, 0.25) is 0 Å². The molecule has 0 radical (unpaired) electrons. The lowest BCUT2D eigenvalue weighted by molar-refractivity contribution is 0.0910. The zero-order chi connectivity index (χ0) is 13.8. The lowest BCUT2D eigenvalue weighted by Gasteiger charge is -2.29. The second kappa shape index (κ2) is 6.25. The first-order valence-electron chi connectivity index (χ1n) is 5.41. The number of nitrogens with one attached hydrogen (secondary N) is 1. The van der Waals surface area contributed by atoms with Gasteiger partial charge in [0.1, 0.15) is 11.6 Å². The number of aromatic hydroxyl groups is 1. The average molecular weight is 294 g/mol. The Morgan fingerprint density at radius 3 is 2.56 bits per heavy atom. The normalized spacial score (nSPS) is 11.3. The van der Waals surface area contributed by atoms with E-state index in [4.69, 9.17) is 23.2 Å². The number of alkyl halides is 2. The molecule has 0 bridgehead atoms. The standard InChI is InChI=1S/C12H14Cl2FNO2/c1-2-12(6-13,7-14)16-11(18)9-5-8(15)3-4-10(9)17/h3-5,17H,2,6-7H2,1H3,(H,16,18). The van der Waals surface area contributed by atoms with Crippen LogP contribution < -0.4 is 5.32 Å². The minimum atomic E-state index is -0.765. The van der Waals surface area contributed by atoms with Crippen molar-refractivity contribution in [3.63, 3.8) is 0 Å². The zero-order valence-corrected chi connectivity index (χ0v) is 11.4. The van der Waals surface area contributed by atoms with Crippen LogP contribution in [0.25, 0.3) is 0 Å². The Hall–Kier alpha value is -1.00. The van der Waals surface area contributed by atoms with Gasteiger partial charge in [0.05, 0.1) is 11.1 Å². The Morgan fingerprint density at radius 1 is 1.44 bits per heavy atom. The number of amides is 1. The van der Waals surface area contributed by atoms with E-state index >= 15 is 0 Å². The Bertz CT molecular complexity index is 428. The first kappa shape index (κ1) is 15.1. The number of hydrogen-bond donors (Lipinski definition) is 2. The van der Waals surface area contributed by atoms with Crippen LogP contribution in [0.4, 0.5) is 4.39 Å². The number of phenols is 1. The van der Waals surface area contributed by atoms with Crippen molar-refractivity contribution in [2.24, 2.45) is 0 Å². The van der Waals surface area contributed by atoms with E-state index in [1.54, 1.807) is 0 Å². The van der Waals surface area contributed by atoms with Crippen LogP contribution in [0.5, 0.6) is 5.75 Å². The molecule has 1 aromatic carbocycles. The van der Waals surface area contributed by atoms with Gasteiger partial charge in [-0.3, -0.25) is 4.79 Å². The lowest BCUT2D eigenvalue weighted by Crippen LogP contribution is -2.51. The van der Waals surface area contributed by atoms with Crippen LogP contribution in [0, 0.1) is 5.82 Å². The van der Waals surface area contributed by atoms with E-state index in [9.17, 15) is 14.3 Å². The van der Waals surface area contributed by atoms with Crippen molar-refractivity contribution in [1.29, 1.82) is 0 Å². The molecule has 3 nitrogen and oxygen atoms in total. The van der Waals surface area contributed by atoms with Gasteiger partial charge in [-0.25, -0.2) is 4.39 Å². The molecule has 0 unspecified atom stereocenters. The quantitative estimate of drug-likeness (QED) is 0.820. The number of benzene rings is 1. The van der Waals surface area contributed by atoms with E-state index in [2.05, 4.69) is 5.32 Å². The topological polar surface area (TPSA) is 49.3 Å². The molecular weight excluding hydrogens is 280 g/mol. The van der Waals surface area contributed by atoms with Gasteiger partial charge in [0.2, 0.25) is 0 Å². The fourth-order valence-electron chi connectivity index (χ4n) is 1.38. The molecule has 0 aromatic heterocycles. The Balaban J connectivity index is 2.97. The van der Waals surface area contributed by atoms with Gasteiger partial charge in [0.25, 0.3) is 5.91 Å². The number of carbonyl (C=O) groups is 1. The van der Waals surface area contributed by atoms with Crippen LogP contribution in [0.3, 0.4) is 0 Å². The smallest absolute Gasteiger partial charge is 0.255 e. The van der Waals surface area contributed by atoms with Crippen molar-refractivity contribution in [3.05, 3.63) is 29.6 Å². The number of carbonyl (C=O) groups excluding carboxylic acids is 1. The molecule has 0 heterocycles. The first-order chi connectivity index (χ1) is 8.48. The summed E-state index contributed by atoms with van der Waals surface area (Å²) < 4.78 is 13.0. The van der Waals surface area contributed by atoms with Crippen molar-refractivity contribution in [1.82, 2.24) is 5.32 Å². The third-order valence-electron chi connectivity index (χ3n) is 2.77. The highest BCUT2D eigenvalue weighted by atomic mass is 35.5. The fraction of sp³-hybridized carbons (Fsp3) is 0.417. The highest BCUT2D eigenvalue weighted by molar-refractivity contribution is 6.22. The molecule has 1 amide bonds. The summed E-state index contributed by atoms with van der Waals surface area (Å²) in [6.07, 6.45) is 0.530. The largest absolute Gasteiger partial charge is 0.507 e. The van der Waals surface area contributed by atoms with Crippen molar-refractivity contribution < 1.29 is 14.3 Å². The minimum Gasteiger partial charge on any atom is -0.507 e. The van der Waals surface area contributed by atoms with Gasteiger partial charge in [-0.2, -0.15) is 0 Å². The van der Waals surface area contributed by atoms with Gasteiger partial charge in [-0.05, 0) is 24.6 Å². The monoisotopic (exact) mass is 293 g/mol. The molecule has 6 heteroatoms. The molecule has 1 rings (SSSR count). The maximum absolute atomic E-state index is 13.0. The van der Waals surface area contributed by atoms with Crippen molar-refractivity contribution in [2.75, 3.05) is 11.8 Å². The third-order valence-corrected chi connectivity index (χ3v) is 3.79. The third kappa shape index (κ3) is 3.27. The molecule has 18 heavy (non-hydrogen) atoms. The van der Waals surface area contributed by atoms with E-state index in [0.29, 0.717) is 6.42 Å². The summed E-state index contributed by atoms with van der Waals surface area (Å²) in [7, 11) is 0. The zero-order valence-electron chi connectivity index (χ0n) is 9.84. The molecule has 1 aromatic rings. The molecule has 0 aliphatic heterocycles. The summed E-state index contributed by atoms with van der Waals surface area (Å²) in [4.78, 5) is 12.0. The maximum atomic E-state index is 13.0. The van der Waals surface area contributed by atoms with Gasteiger partial charge < -0.3 is 10.4 Å². The predicted octanol–water partition coefficient (Wildman–Crippen LogP) is 2.89. The molecule has 0 aliphatic rings. The average Bonchev–Trinajstić information content (AvgIpc) is 2.38. The minimum absolute atomic E-state index is 0.134. The number of phenolic OH excluding ortho intramolecular Hbond substituents is 1.